The molecule has 1 atom stereocenters. The van der Waals surface area contributed by atoms with Crippen LogP contribution in [0.5, 0.6) is 0 Å². The Morgan fingerprint density at radius 2 is 2.19 bits per heavy atom. The molecule has 1 heterocycles. The van der Waals surface area contributed by atoms with Crippen LogP contribution >= 0.6 is 27.5 Å². The number of carbonyl (C=O) groups excluding carboxylic acids is 1. The highest BCUT2D eigenvalue weighted by Gasteiger charge is 2.11. The van der Waals surface area contributed by atoms with Crippen LogP contribution in [0.1, 0.15) is 18.4 Å². The molecule has 1 unspecified atom stereocenters. The molecule has 0 aliphatic heterocycles. The van der Waals surface area contributed by atoms with E-state index in [0.29, 0.717) is 5.15 Å². The molecule has 2 rings (SSSR count). The Bertz CT molecular complexity index is 556. The van der Waals surface area contributed by atoms with Gasteiger partial charge in [0.15, 0.2) is 0 Å². The van der Waals surface area contributed by atoms with Crippen LogP contribution in [0.3, 0.4) is 0 Å². The number of pyridine rings is 1. The maximum atomic E-state index is 10.9. The van der Waals surface area contributed by atoms with Crippen molar-refractivity contribution in [2.45, 2.75) is 12.8 Å². The van der Waals surface area contributed by atoms with Gasteiger partial charge in [0, 0.05) is 22.0 Å². The van der Waals surface area contributed by atoms with Crippen LogP contribution in [0.2, 0.25) is 5.15 Å². The minimum atomic E-state index is -0.144. The summed E-state index contributed by atoms with van der Waals surface area (Å²) in [6.07, 6.45) is 2.64. The van der Waals surface area contributed by atoms with E-state index in [9.17, 15) is 4.79 Å². The lowest BCUT2D eigenvalue weighted by molar-refractivity contribution is -0.108. The summed E-state index contributed by atoms with van der Waals surface area (Å²) in [5.41, 5.74) is 0.970. The lowest BCUT2D eigenvalue weighted by Gasteiger charge is -2.10. The minimum absolute atomic E-state index is 0.144. The SMILES string of the molecule is CC(C=O)c1ccc(Br)c2cnc(Cl)cc12. The van der Waals surface area contributed by atoms with Gasteiger partial charge in [0.05, 0.1) is 0 Å². The highest BCUT2D eigenvalue weighted by atomic mass is 79.9. The number of aromatic nitrogens is 1. The molecule has 2 aromatic rings. The summed E-state index contributed by atoms with van der Waals surface area (Å²) in [4.78, 5) is 14.9. The van der Waals surface area contributed by atoms with E-state index in [-0.39, 0.29) is 5.92 Å². The Labute approximate surface area is 107 Å². The van der Waals surface area contributed by atoms with Crippen LogP contribution in [0.4, 0.5) is 0 Å². The fraction of sp³-hybridized carbons (Fsp3) is 0.167. The summed E-state index contributed by atoms with van der Waals surface area (Å²) < 4.78 is 0.952. The number of halogens is 2. The quantitative estimate of drug-likeness (QED) is 0.620. The summed E-state index contributed by atoms with van der Waals surface area (Å²) in [6, 6.07) is 5.64. The third kappa shape index (κ3) is 1.97. The van der Waals surface area contributed by atoms with Crippen LogP contribution in [0.25, 0.3) is 10.8 Å². The van der Waals surface area contributed by atoms with E-state index in [0.717, 1.165) is 27.1 Å². The van der Waals surface area contributed by atoms with Crippen molar-refractivity contribution in [3.8, 4) is 0 Å². The first-order chi connectivity index (χ1) is 7.63. The van der Waals surface area contributed by atoms with Gasteiger partial charge in [-0.25, -0.2) is 4.98 Å². The van der Waals surface area contributed by atoms with E-state index in [1.807, 2.05) is 19.1 Å². The van der Waals surface area contributed by atoms with Crippen LogP contribution in [-0.4, -0.2) is 11.3 Å². The summed E-state index contributed by atoms with van der Waals surface area (Å²) in [7, 11) is 0. The minimum Gasteiger partial charge on any atom is -0.303 e. The molecule has 0 bridgehead atoms. The standard InChI is InChI=1S/C12H9BrClNO/c1-7(6-16)8-2-3-11(13)10-5-15-12(14)4-9(8)10/h2-7H,1H3. The average Bonchev–Trinajstić information content (AvgIpc) is 2.28. The van der Waals surface area contributed by atoms with E-state index >= 15 is 0 Å². The van der Waals surface area contributed by atoms with Gasteiger partial charge in [0.25, 0.3) is 0 Å². The maximum Gasteiger partial charge on any atom is 0.129 e. The highest BCUT2D eigenvalue weighted by molar-refractivity contribution is 9.10. The Kier molecular flexibility index (Phi) is 3.26. The van der Waals surface area contributed by atoms with E-state index in [1.54, 1.807) is 12.3 Å². The monoisotopic (exact) mass is 297 g/mol. The molecule has 1 aromatic heterocycles. The molecule has 0 spiro atoms. The zero-order chi connectivity index (χ0) is 11.7. The second-order valence-electron chi connectivity index (χ2n) is 3.61. The molecule has 0 radical (unpaired) electrons. The number of benzene rings is 1. The van der Waals surface area contributed by atoms with Crippen molar-refractivity contribution < 1.29 is 4.79 Å². The highest BCUT2D eigenvalue weighted by Crippen LogP contribution is 2.31. The normalized spacial score (nSPS) is 12.7. The smallest absolute Gasteiger partial charge is 0.129 e. The van der Waals surface area contributed by atoms with E-state index in [1.165, 1.54) is 0 Å². The zero-order valence-electron chi connectivity index (χ0n) is 8.58. The van der Waals surface area contributed by atoms with E-state index in [4.69, 9.17) is 11.6 Å². The largest absolute Gasteiger partial charge is 0.303 e. The van der Waals surface area contributed by atoms with Gasteiger partial charge in [-0.05, 0) is 23.1 Å². The predicted molar refractivity (Wildman–Crippen MR) is 68.9 cm³/mol. The molecule has 0 aliphatic rings. The fourth-order valence-electron chi connectivity index (χ4n) is 1.67. The molecule has 0 amide bonds. The predicted octanol–water partition coefficient (Wildman–Crippen LogP) is 3.95. The number of carbonyl (C=O) groups is 1. The van der Waals surface area contributed by atoms with Gasteiger partial charge in [-0.3, -0.25) is 0 Å². The summed E-state index contributed by atoms with van der Waals surface area (Å²) in [6.45, 7) is 1.87. The van der Waals surface area contributed by atoms with Gasteiger partial charge in [-0.1, -0.05) is 40.5 Å². The van der Waals surface area contributed by atoms with Crippen molar-refractivity contribution in [3.63, 3.8) is 0 Å². The Morgan fingerprint density at radius 3 is 2.88 bits per heavy atom. The molecule has 4 heteroatoms. The number of nitrogens with zero attached hydrogens (tertiary/aromatic N) is 1. The molecular weight excluding hydrogens is 289 g/mol. The van der Waals surface area contributed by atoms with Crippen LogP contribution < -0.4 is 0 Å². The lowest BCUT2D eigenvalue weighted by atomic mass is 9.97. The molecular formula is C12H9BrClNO. The van der Waals surface area contributed by atoms with Gasteiger partial charge in [-0.2, -0.15) is 0 Å². The summed E-state index contributed by atoms with van der Waals surface area (Å²) >= 11 is 9.33. The Morgan fingerprint density at radius 1 is 1.44 bits per heavy atom. The summed E-state index contributed by atoms with van der Waals surface area (Å²) in [5, 5.41) is 2.37. The van der Waals surface area contributed by atoms with Crippen LogP contribution in [0.15, 0.2) is 28.9 Å². The second-order valence-corrected chi connectivity index (χ2v) is 4.86. The molecule has 2 nitrogen and oxygen atoms in total. The van der Waals surface area contributed by atoms with Gasteiger partial charge in [0.1, 0.15) is 11.4 Å². The number of fused-ring (bicyclic) bond motifs is 1. The zero-order valence-corrected chi connectivity index (χ0v) is 10.9. The van der Waals surface area contributed by atoms with E-state index in [2.05, 4.69) is 20.9 Å². The molecule has 0 N–H and O–H groups in total. The van der Waals surface area contributed by atoms with Crippen molar-refractivity contribution >= 4 is 44.6 Å². The Hall–Kier alpha value is -0.930. The van der Waals surface area contributed by atoms with Crippen LogP contribution in [-0.2, 0) is 4.79 Å². The molecule has 16 heavy (non-hydrogen) atoms. The average molecular weight is 299 g/mol. The number of rotatable bonds is 2. The molecule has 82 valence electrons. The second kappa shape index (κ2) is 4.52. The van der Waals surface area contributed by atoms with Crippen LogP contribution in [0, 0.1) is 0 Å². The molecule has 0 fully saturated rings. The van der Waals surface area contributed by atoms with Gasteiger partial charge < -0.3 is 4.79 Å². The third-order valence-corrected chi connectivity index (χ3v) is 3.44. The first-order valence-corrected chi connectivity index (χ1v) is 5.99. The van der Waals surface area contributed by atoms with Crippen molar-refractivity contribution in [2.75, 3.05) is 0 Å². The first kappa shape index (κ1) is 11.6. The Balaban J connectivity index is 2.80. The maximum absolute atomic E-state index is 10.9. The number of hydrogen-bond donors (Lipinski definition) is 0. The third-order valence-electron chi connectivity index (χ3n) is 2.54. The van der Waals surface area contributed by atoms with E-state index < -0.39 is 0 Å². The van der Waals surface area contributed by atoms with Crippen molar-refractivity contribution in [2.24, 2.45) is 0 Å². The first-order valence-electron chi connectivity index (χ1n) is 4.82. The van der Waals surface area contributed by atoms with Gasteiger partial charge in [-0.15, -0.1) is 0 Å². The van der Waals surface area contributed by atoms with Gasteiger partial charge >= 0.3 is 0 Å². The van der Waals surface area contributed by atoms with Crippen molar-refractivity contribution in [3.05, 3.63) is 39.6 Å². The lowest BCUT2D eigenvalue weighted by Crippen LogP contribution is -1.96. The molecule has 0 saturated carbocycles. The summed E-state index contributed by atoms with van der Waals surface area (Å²) in [5.74, 6) is -0.144. The molecule has 1 aromatic carbocycles. The number of hydrogen-bond acceptors (Lipinski definition) is 2. The number of aldehydes is 1. The van der Waals surface area contributed by atoms with Crippen molar-refractivity contribution in [1.29, 1.82) is 0 Å². The molecule has 0 aliphatic carbocycles. The van der Waals surface area contributed by atoms with Gasteiger partial charge in [0.2, 0.25) is 0 Å². The molecule has 0 saturated heterocycles. The fourth-order valence-corrected chi connectivity index (χ4v) is 2.28. The topological polar surface area (TPSA) is 30.0 Å². The van der Waals surface area contributed by atoms with Crippen molar-refractivity contribution in [1.82, 2.24) is 4.98 Å².